The van der Waals surface area contributed by atoms with Crippen LogP contribution in [0.25, 0.3) is 6.08 Å². The van der Waals surface area contributed by atoms with E-state index in [-0.39, 0.29) is 23.8 Å². The van der Waals surface area contributed by atoms with Gasteiger partial charge in [0.1, 0.15) is 17.1 Å². The van der Waals surface area contributed by atoms with Crippen molar-refractivity contribution in [1.29, 1.82) is 0 Å². The molecule has 0 radical (unpaired) electrons. The zero-order valence-electron chi connectivity index (χ0n) is 17.4. The lowest BCUT2D eigenvalue weighted by Crippen LogP contribution is -2.43. The smallest absolute Gasteiger partial charge is 0.332 e. The maximum absolute atomic E-state index is 12.5. The number of carbonyl (C=O) groups is 2. The molecule has 1 heterocycles. The van der Waals surface area contributed by atoms with Crippen LogP contribution in [0.1, 0.15) is 29.8 Å². The molecule has 0 saturated carbocycles. The maximum atomic E-state index is 12.5. The predicted molar refractivity (Wildman–Crippen MR) is 113 cm³/mol. The van der Waals surface area contributed by atoms with Crippen molar-refractivity contribution in [1.82, 2.24) is 9.13 Å². The van der Waals surface area contributed by atoms with Crippen molar-refractivity contribution < 1.29 is 19.1 Å². The molecule has 0 spiro atoms. The maximum Gasteiger partial charge on any atom is 0.332 e. The quantitative estimate of drug-likeness (QED) is 0.391. The van der Waals surface area contributed by atoms with Gasteiger partial charge in [-0.25, -0.2) is 9.59 Å². The predicted octanol–water partition coefficient (Wildman–Crippen LogP) is 1.23. The van der Waals surface area contributed by atoms with Gasteiger partial charge in [-0.15, -0.1) is 0 Å². The molecule has 1 aromatic carbocycles. The molecule has 9 heteroatoms. The number of benzene rings is 1. The molecule has 0 saturated heterocycles. The Morgan fingerprint density at radius 1 is 1.20 bits per heavy atom. The number of nitrogen functional groups attached to an aromatic ring is 1. The molecule has 0 fully saturated rings. The van der Waals surface area contributed by atoms with Crippen LogP contribution in [-0.4, -0.2) is 34.6 Å². The van der Waals surface area contributed by atoms with Crippen molar-refractivity contribution >= 4 is 23.6 Å². The zero-order chi connectivity index (χ0) is 22.4. The Morgan fingerprint density at radius 2 is 1.87 bits per heavy atom. The second kappa shape index (κ2) is 9.73. The molecule has 0 atom stereocenters. The third-order valence-corrected chi connectivity index (χ3v) is 4.29. The first kappa shape index (κ1) is 22.7. The minimum absolute atomic E-state index is 0.0587. The minimum atomic E-state index is -0.830. The van der Waals surface area contributed by atoms with Crippen molar-refractivity contribution in [3.05, 3.63) is 62.3 Å². The Bertz CT molecular complexity index is 1090. The minimum Gasteiger partial charge on any atom is -0.496 e. The molecule has 0 amide bonds. The van der Waals surface area contributed by atoms with Crippen LogP contribution < -0.4 is 21.7 Å². The summed E-state index contributed by atoms with van der Waals surface area (Å²) in [5.41, 5.74) is 4.77. The summed E-state index contributed by atoms with van der Waals surface area (Å²) in [6, 6.07) is 7.05. The third kappa shape index (κ3) is 5.05. The van der Waals surface area contributed by atoms with E-state index in [0.717, 1.165) is 10.6 Å². The number of aromatic nitrogens is 2. The van der Waals surface area contributed by atoms with Gasteiger partial charge in [-0.05, 0) is 18.1 Å². The monoisotopic (exact) mass is 415 g/mol. The van der Waals surface area contributed by atoms with E-state index in [0.29, 0.717) is 11.3 Å². The molecular weight excluding hydrogens is 390 g/mol. The van der Waals surface area contributed by atoms with Gasteiger partial charge < -0.3 is 15.2 Å². The molecule has 9 nitrogen and oxygen atoms in total. The van der Waals surface area contributed by atoms with Crippen molar-refractivity contribution in [2.75, 3.05) is 19.5 Å². The van der Waals surface area contributed by atoms with Crippen molar-refractivity contribution in [2.24, 2.45) is 13.0 Å². The molecule has 2 N–H and O–H groups in total. The van der Waals surface area contributed by atoms with Crippen LogP contribution in [0.3, 0.4) is 0 Å². The van der Waals surface area contributed by atoms with Gasteiger partial charge in [0.05, 0.1) is 7.11 Å². The van der Waals surface area contributed by atoms with Gasteiger partial charge in [0.15, 0.2) is 6.61 Å². The number of ketones is 1. The number of Topliss-reactive ketones (excluding diaryl/α,β-unsaturated/α-hetero) is 1. The molecule has 2 aromatic rings. The van der Waals surface area contributed by atoms with Crippen molar-refractivity contribution in [3.8, 4) is 5.75 Å². The summed E-state index contributed by atoms with van der Waals surface area (Å²) in [4.78, 5) is 49.2. The van der Waals surface area contributed by atoms with Gasteiger partial charge in [-0.3, -0.25) is 18.7 Å². The fourth-order valence-corrected chi connectivity index (χ4v) is 2.81. The summed E-state index contributed by atoms with van der Waals surface area (Å²) in [5, 5.41) is 0. The van der Waals surface area contributed by atoms with E-state index in [9.17, 15) is 19.2 Å². The zero-order valence-corrected chi connectivity index (χ0v) is 17.4. The summed E-state index contributed by atoms with van der Waals surface area (Å²) in [5.74, 6) is -1.17. The van der Waals surface area contributed by atoms with Gasteiger partial charge >= 0.3 is 11.7 Å². The number of nitrogens with two attached hydrogens (primary N) is 1. The van der Waals surface area contributed by atoms with Crippen LogP contribution in [-0.2, 0) is 23.1 Å². The molecule has 1 aromatic heterocycles. The number of esters is 1. The molecular formula is C21H25N3O6. The largest absolute Gasteiger partial charge is 0.496 e. The van der Waals surface area contributed by atoms with Crippen molar-refractivity contribution in [2.45, 2.75) is 20.4 Å². The van der Waals surface area contributed by atoms with Crippen LogP contribution in [0.4, 0.5) is 5.82 Å². The summed E-state index contributed by atoms with van der Waals surface area (Å²) < 4.78 is 12.1. The highest BCUT2D eigenvalue weighted by Gasteiger charge is 2.22. The average molecular weight is 415 g/mol. The molecule has 0 unspecified atom stereocenters. The Balaban J connectivity index is 2.19. The topological polar surface area (TPSA) is 123 Å². The number of carbonyl (C=O) groups excluding carboxylic acids is 2. The van der Waals surface area contributed by atoms with E-state index in [1.807, 2.05) is 13.8 Å². The van der Waals surface area contributed by atoms with E-state index >= 15 is 0 Å². The second-order valence-corrected chi connectivity index (χ2v) is 7.02. The fraction of sp³-hybridized carbons (Fsp3) is 0.333. The van der Waals surface area contributed by atoms with Crippen LogP contribution in [0, 0.1) is 5.92 Å². The summed E-state index contributed by atoms with van der Waals surface area (Å²) >= 11 is 0. The number of hydrogen-bond donors (Lipinski definition) is 1. The number of anilines is 1. The first-order valence-electron chi connectivity index (χ1n) is 9.27. The molecule has 0 aliphatic rings. The van der Waals surface area contributed by atoms with E-state index in [1.165, 1.54) is 24.8 Å². The Hall–Kier alpha value is -3.62. The Kier molecular flexibility index (Phi) is 7.35. The summed E-state index contributed by atoms with van der Waals surface area (Å²) in [7, 11) is 2.77. The standard InChI is InChI=1S/C21H25N3O6/c1-13(2)11-24-19(22)18(20(27)23(3)21(24)28)15(25)12-30-17(26)10-9-14-7-5-6-8-16(14)29-4/h5-10,13H,11-12,22H2,1-4H3/b10-9+. The molecule has 30 heavy (non-hydrogen) atoms. The SMILES string of the molecule is COc1ccccc1/C=C/C(=O)OCC(=O)c1c(N)n(CC(C)C)c(=O)n(C)c1=O. The number of rotatable bonds is 8. The molecule has 0 aliphatic carbocycles. The third-order valence-electron chi connectivity index (χ3n) is 4.29. The van der Waals surface area contributed by atoms with E-state index in [1.54, 1.807) is 24.3 Å². The van der Waals surface area contributed by atoms with E-state index in [2.05, 4.69) is 0 Å². The van der Waals surface area contributed by atoms with Crippen LogP contribution in [0.2, 0.25) is 0 Å². The van der Waals surface area contributed by atoms with E-state index < -0.39 is 29.6 Å². The number of para-hydroxylation sites is 1. The molecule has 160 valence electrons. The number of hydrogen-bond acceptors (Lipinski definition) is 7. The Labute approximate surface area is 173 Å². The molecule has 0 bridgehead atoms. The van der Waals surface area contributed by atoms with E-state index in [4.69, 9.17) is 15.2 Å². The van der Waals surface area contributed by atoms with Gasteiger partial charge in [-0.1, -0.05) is 32.0 Å². The number of ether oxygens (including phenoxy) is 2. The second-order valence-electron chi connectivity index (χ2n) is 7.02. The molecule has 2 rings (SSSR count). The molecule has 0 aliphatic heterocycles. The highest BCUT2D eigenvalue weighted by molar-refractivity contribution is 6.02. The van der Waals surface area contributed by atoms with Gasteiger partial charge in [-0.2, -0.15) is 0 Å². The lowest BCUT2D eigenvalue weighted by Gasteiger charge is -2.16. The van der Waals surface area contributed by atoms with Crippen LogP contribution in [0.15, 0.2) is 39.9 Å². The van der Waals surface area contributed by atoms with Crippen LogP contribution >= 0.6 is 0 Å². The first-order chi connectivity index (χ1) is 14.2. The first-order valence-corrected chi connectivity index (χ1v) is 9.27. The van der Waals surface area contributed by atoms with Crippen molar-refractivity contribution in [3.63, 3.8) is 0 Å². The number of methoxy groups -OCH3 is 1. The summed E-state index contributed by atoms with van der Waals surface area (Å²) in [6.45, 7) is 3.29. The van der Waals surface area contributed by atoms with Gasteiger partial charge in [0, 0.05) is 25.2 Å². The Morgan fingerprint density at radius 3 is 2.50 bits per heavy atom. The fourth-order valence-electron chi connectivity index (χ4n) is 2.81. The van der Waals surface area contributed by atoms with Gasteiger partial charge in [0.2, 0.25) is 5.78 Å². The number of nitrogens with zero attached hydrogens (tertiary/aromatic N) is 2. The normalized spacial score (nSPS) is 11.1. The lowest BCUT2D eigenvalue weighted by molar-refractivity contribution is -0.136. The van der Waals surface area contributed by atoms with Crippen LogP contribution in [0.5, 0.6) is 5.75 Å². The van der Waals surface area contributed by atoms with Gasteiger partial charge in [0.25, 0.3) is 5.56 Å². The average Bonchev–Trinajstić information content (AvgIpc) is 2.72. The lowest BCUT2D eigenvalue weighted by atomic mass is 10.1. The highest BCUT2D eigenvalue weighted by Crippen LogP contribution is 2.18. The summed E-state index contributed by atoms with van der Waals surface area (Å²) in [6.07, 6.45) is 2.63. The highest BCUT2D eigenvalue weighted by atomic mass is 16.5.